The number of nitrogens with one attached hydrogen (secondary N) is 1. The quantitative estimate of drug-likeness (QED) is 0.547. The van der Waals surface area contributed by atoms with E-state index in [2.05, 4.69) is 5.32 Å². The van der Waals surface area contributed by atoms with Crippen molar-refractivity contribution in [3.8, 4) is 0 Å². The maximum Gasteiger partial charge on any atom is 0.251 e. The number of hydrogen-bond donors (Lipinski definition) is 1. The Bertz CT molecular complexity index is 1200. The van der Waals surface area contributed by atoms with Gasteiger partial charge in [0.2, 0.25) is 10.0 Å². The molecule has 0 aliphatic carbocycles. The number of nitrogens with zero attached hydrogens (tertiary/aromatic N) is 1. The van der Waals surface area contributed by atoms with E-state index < -0.39 is 10.0 Å². The first-order valence-corrected chi connectivity index (χ1v) is 12.4. The van der Waals surface area contributed by atoms with E-state index in [1.165, 1.54) is 16.1 Å². The first kappa shape index (κ1) is 23.5. The van der Waals surface area contributed by atoms with Gasteiger partial charge in [0.1, 0.15) is 0 Å². The van der Waals surface area contributed by atoms with Gasteiger partial charge in [-0.2, -0.15) is 0 Å². The van der Waals surface area contributed by atoms with Crippen molar-refractivity contribution >= 4 is 21.6 Å². The number of anilines is 1. The summed E-state index contributed by atoms with van der Waals surface area (Å²) in [5, 5.41) is 3.01. The van der Waals surface area contributed by atoms with Gasteiger partial charge in [-0.15, -0.1) is 0 Å². The number of rotatable bonds is 7. The molecule has 0 bridgehead atoms. The predicted octanol–water partition coefficient (Wildman–Crippen LogP) is 5.07. The van der Waals surface area contributed by atoms with Crippen LogP contribution in [0.1, 0.15) is 51.1 Å². The van der Waals surface area contributed by atoms with Crippen LogP contribution in [0.25, 0.3) is 0 Å². The molecule has 1 N–H and O–H groups in total. The van der Waals surface area contributed by atoms with Crippen LogP contribution in [0.15, 0.2) is 66.7 Å². The van der Waals surface area contributed by atoms with Crippen LogP contribution < -0.4 is 9.62 Å². The summed E-state index contributed by atoms with van der Waals surface area (Å²) in [5.41, 5.74) is 6.10. The third-order valence-corrected chi connectivity index (χ3v) is 6.63. The fraction of sp³-hybridized carbons (Fsp3) is 0.269. The molecule has 0 aliphatic rings. The Morgan fingerprint density at radius 3 is 2.09 bits per heavy atom. The van der Waals surface area contributed by atoms with E-state index in [4.69, 9.17) is 0 Å². The van der Waals surface area contributed by atoms with E-state index in [0.717, 1.165) is 22.3 Å². The average molecular weight is 451 g/mol. The monoisotopic (exact) mass is 450 g/mol. The second kappa shape index (κ2) is 9.57. The van der Waals surface area contributed by atoms with E-state index in [1.807, 2.05) is 70.2 Å². The van der Waals surface area contributed by atoms with E-state index in [-0.39, 0.29) is 18.5 Å². The SMILES string of the molecule is Cc1ccc([C@H](C)NC(=O)c2ccc(CN(c3cc(C)ccc3C)S(C)(=O)=O)cc2)cc1. The maximum atomic E-state index is 12.7. The Morgan fingerprint density at radius 2 is 1.50 bits per heavy atom. The summed E-state index contributed by atoms with van der Waals surface area (Å²) < 4.78 is 26.4. The Hall–Kier alpha value is -3.12. The van der Waals surface area contributed by atoms with Gasteiger partial charge in [0.25, 0.3) is 5.91 Å². The standard InChI is InChI=1S/C26H30N2O3S/c1-18-7-12-23(13-8-18)21(4)27-26(29)24-14-10-22(11-15-24)17-28(32(5,30)31)25-16-19(2)6-9-20(25)3/h6-16,21H,17H2,1-5H3,(H,27,29)/t21-/m0/s1. The highest BCUT2D eigenvalue weighted by molar-refractivity contribution is 7.92. The first-order chi connectivity index (χ1) is 15.0. The van der Waals surface area contributed by atoms with E-state index >= 15 is 0 Å². The smallest absolute Gasteiger partial charge is 0.251 e. The van der Waals surface area contributed by atoms with Crippen LogP contribution in [0.5, 0.6) is 0 Å². The highest BCUT2D eigenvalue weighted by Crippen LogP contribution is 2.26. The zero-order valence-electron chi connectivity index (χ0n) is 19.2. The number of benzene rings is 3. The second-order valence-electron chi connectivity index (χ2n) is 8.36. The summed E-state index contributed by atoms with van der Waals surface area (Å²) in [6, 6.07) is 20.8. The second-order valence-corrected chi connectivity index (χ2v) is 10.3. The Labute approximate surface area is 191 Å². The zero-order chi connectivity index (χ0) is 23.5. The minimum atomic E-state index is -3.48. The van der Waals surface area contributed by atoms with Crippen LogP contribution in [0.3, 0.4) is 0 Å². The molecule has 0 saturated heterocycles. The summed E-state index contributed by atoms with van der Waals surface area (Å²) in [6.45, 7) is 8.01. The molecular weight excluding hydrogens is 420 g/mol. The molecule has 0 aliphatic heterocycles. The lowest BCUT2D eigenvalue weighted by molar-refractivity contribution is 0.0940. The van der Waals surface area contributed by atoms with Crippen LogP contribution in [0.4, 0.5) is 5.69 Å². The summed E-state index contributed by atoms with van der Waals surface area (Å²) in [4.78, 5) is 12.7. The lowest BCUT2D eigenvalue weighted by Gasteiger charge is -2.25. The van der Waals surface area contributed by atoms with Crippen molar-refractivity contribution in [1.82, 2.24) is 5.32 Å². The van der Waals surface area contributed by atoms with Crippen molar-refractivity contribution in [2.45, 2.75) is 40.3 Å². The molecule has 3 aromatic rings. The Kier molecular flexibility index (Phi) is 7.04. The zero-order valence-corrected chi connectivity index (χ0v) is 20.0. The molecule has 1 amide bonds. The number of carbonyl (C=O) groups is 1. The molecule has 5 nitrogen and oxygen atoms in total. The molecule has 0 aromatic heterocycles. The minimum Gasteiger partial charge on any atom is -0.346 e. The number of sulfonamides is 1. The predicted molar refractivity (Wildman–Crippen MR) is 130 cm³/mol. The van der Waals surface area contributed by atoms with Gasteiger partial charge < -0.3 is 5.32 Å². The van der Waals surface area contributed by atoms with E-state index in [9.17, 15) is 13.2 Å². The van der Waals surface area contributed by atoms with Gasteiger partial charge in [0.05, 0.1) is 24.5 Å². The molecular formula is C26H30N2O3S. The molecule has 0 spiro atoms. The number of aryl methyl sites for hydroxylation is 3. The molecule has 3 rings (SSSR count). The fourth-order valence-corrected chi connectivity index (χ4v) is 4.45. The Morgan fingerprint density at radius 1 is 0.906 bits per heavy atom. The van der Waals surface area contributed by atoms with Crippen LogP contribution in [-0.2, 0) is 16.6 Å². The van der Waals surface area contributed by atoms with Crippen molar-refractivity contribution < 1.29 is 13.2 Å². The largest absolute Gasteiger partial charge is 0.346 e. The van der Waals surface area contributed by atoms with Gasteiger partial charge >= 0.3 is 0 Å². The van der Waals surface area contributed by atoms with Crippen molar-refractivity contribution in [3.63, 3.8) is 0 Å². The molecule has 168 valence electrons. The van der Waals surface area contributed by atoms with E-state index in [1.54, 1.807) is 24.3 Å². The highest BCUT2D eigenvalue weighted by Gasteiger charge is 2.20. The third kappa shape index (κ3) is 5.77. The number of amides is 1. The van der Waals surface area contributed by atoms with Gasteiger partial charge in [-0.25, -0.2) is 8.42 Å². The van der Waals surface area contributed by atoms with Crippen molar-refractivity contribution in [2.75, 3.05) is 10.6 Å². The number of hydrogen-bond acceptors (Lipinski definition) is 3. The van der Waals surface area contributed by atoms with Crippen LogP contribution in [-0.4, -0.2) is 20.6 Å². The lowest BCUT2D eigenvalue weighted by atomic mass is 10.1. The van der Waals surface area contributed by atoms with Crippen LogP contribution in [0.2, 0.25) is 0 Å². The van der Waals surface area contributed by atoms with Gasteiger partial charge in [0, 0.05) is 5.56 Å². The molecule has 1 atom stereocenters. The molecule has 0 fully saturated rings. The molecule has 0 heterocycles. The minimum absolute atomic E-state index is 0.118. The van der Waals surface area contributed by atoms with Crippen molar-refractivity contribution in [1.29, 1.82) is 0 Å². The summed E-state index contributed by atoms with van der Waals surface area (Å²) >= 11 is 0. The summed E-state index contributed by atoms with van der Waals surface area (Å²) in [6.07, 6.45) is 1.21. The molecule has 0 saturated carbocycles. The Balaban J connectivity index is 1.75. The van der Waals surface area contributed by atoms with Gasteiger partial charge in [-0.3, -0.25) is 9.10 Å². The summed E-state index contributed by atoms with van der Waals surface area (Å²) in [7, 11) is -3.48. The normalized spacial score (nSPS) is 12.3. The summed E-state index contributed by atoms with van der Waals surface area (Å²) in [5.74, 6) is -0.167. The molecule has 0 radical (unpaired) electrons. The molecule has 32 heavy (non-hydrogen) atoms. The fourth-order valence-electron chi connectivity index (χ4n) is 3.51. The first-order valence-electron chi connectivity index (χ1n) is 10.6. The number of carbonyl (C=O) groups excluding carboxylic acids is 1. The van der Waals surface area contributed by atoms with Crippen molar-refractivity contribution in [2.24, 2.45) is 0 Å². The lowest BCUT2D eigenvalue weighted by Crippen LogP contribution is -2.30. The molecule has 3 aromatic carbocycles. The van der Waals surface area contributed by atoms with Crippen molar-refractivity contribution in [3.05, 3.63) is 100 Å². The maximum absolute atomic E-state index is 12.7. The van der Waals surface area contributed by atoms with Gasteiger partial charge in [0.15, 0.2) is 0 Å². The van der Waals surface area contributed by atoms with E-state index in [0.29, 0.717) is 11.3 Å². The van der Waals surface area contributed by atoms with Gasteiger partial charge in [-0.05, 0) is 68.1 Å². The van der Waals surface area contributed by atoms with Crippen LogP contribution >= 0.6 is 0 Å². The average Bonchev–Trinajstić information content (AvgIpc) is 2.74. The third-order valence-electron chi connectivity index (χ3n) is 5.50. The van der Waals surface area contributed by atoms with Gasteiger partial charge in [-0.1, -0.05) is 54.1 Å². The molecule has 0 unspecified atom stereocenters. The van der Waals surface area contributed by atoms with Crippen LogP contribution in [0, 0.1) is 20.8 Å². The highest BCUT2D eigenvalue weighted by atomic mass is 32.2. The molecule has 6 heteroatoms. The topological polar surface area (TPSA) is 66.5 Å².